The fourth-order valence-electron chi connectivity index (χ4n) is 6.93. The van der Waals surface area contributed by atoms with Gasteiger partial charge in [0.2, 0.25) is 0 Å². The van der Waals surface area contributed by atoms with E-state index in [4.69, 9.17) is 8.37 Å². The Morgan fingerprint density at radius 1 is 0.367 bits per heavy atom. The Kier molecular flexibility index (Phi) is 47.0. The van der Waals surface area contributed by atoms with Crippen molar-refractivity contribution in [3.63, 3.8) is 0 Å². The summed E-state index contributed by atoms with van der Waals surface area (Å²) in [5.41, 5.74) is 0. The first-order chi connectivity index (χ1) is 28.7. The van der Waals surface area contributed by atoms with Gasteiger partial charge in [-0.1, -0.05) is 263 Å². The molecule has 2 rings (SSSR count). The van der Waals surface area contributed by atoms with Gasteiger partial charge in [0.1, 0.15) is 5.75 Å². The summed E-state index contributed by atoms with van der Waals surface area (Å²) in [5.74, 6) is 0.506. The summed E-state index contributed by atoms with van der Waals surface area (Å²) in [6.07, 6.45) is 43.1. The average Bonchev–Trinajstić information content (AvgIpc) is 3.23. The van der Waals surface area contributed by atoms with Gasteiger partial charge in [-0.3, -0.25) is 4.18 Å². The third kappa shape index (κ3) is 42.4. The number of para-hydroxylation sites is 1. The summed E-state index contributed by atoms with van der Waals surface area (Å²) in [4.78, 5) is 0.239. The Balaban J connectivity index is 0. The van der Waals surface area contributed by atoms with Crippen LogP contribution in [0.3, 0.4) is 0 Å². The zero-order valence-electron chi connectivity index (χ0n) is 38.8. The third-order valence-electron chi connectivity index (χ3n) is 10.7. The Morgan fingerprint density at radius 3 is 0.983 bits per heavy atom. The van der Waals surface area contributed by atoms with E-state index in [9.17, 15) is 16.8 Å². The molecule has 0 fully saturated rings. The molecule has 9 heteroatoms. The molecule has 346 valence electrons. The summed E-state index contributed by atoms with van der Waals surface area (Å²) in [6, 6.07) is 17.0. The van der Waals surface area contributed by atoms with E-state index in [2.05, 4.69) is 27.7 Å². The van der Waals surface area contributed by atoms with E-state index < -0.39 is 20.2 Å². The number of rotatable bonds is 38. The van der Waals surface area contributed by atoms with Crippen LogP contribution in [0, 0.1) is 0 Å². The van der Waals surface area contributed by atoms with Crippen molar-refractivity contribution >= 4 is 49.8 Å². The molecule has 0 heterocycles. The van der Waals surface area contributed by atoms with Crippen LogP contribution in [0.15, 0.2) is 65.6 Å². The van der Waals surface area contributed by atoms with Crippen LogP contribution < -0.4 is 4.18 Å². The van der Waals surface area contributed by atoms with E-state index in [0.717, 1.165) is 25.7 Å². The molecule has 0 aromatic heterocycles. The van der Waals surface area contributed by atoms with Crippen molar-refractivity contribution in [1.29, 1.82) is 0 Å². The zero-order chi connectivity index (χ0) is 43.4. The Labute approximate surface area is 395 Å². The molecule has 2 aromatic rings. The minimum absolute atomic E-state index is 0. The second-order valence-corrected chi connectivity index (χ2v) is 19.8. The minimum atomic E-state index is -3.57. The normalized spacial score (nSPS) is 11.2. The topological polar surface area (TPSA) is 86.7 Å². The molecule has 0 saturated heterocycles. The van der Waals surface area contributed by atoms with Gasteiger partial charge in [-0.25, -0.2) is 0 Å². The van der Waals surface area contributed by atoms with Crippen LogP contribution in [0.5, 0.6) is 5.75 Å². The van der Waals surface area contributed by atoms with Crippen LogP contribution in [-0.2, 0) is 24.4 Å². The molecule has 0 aliphatic rings. The number of unbranched alkanes of at least 4 members (excludes halogenated alkanes) is 30. The molecule has 0 bridgehead atoms. The maximum atomic E-state index is 11.9. The van der Waals surface area contributed by atoms with Gasteiger partial charge in [0.25, 0.3) is 10.1 Å². The second-order valence-electron chi connectivity index (χ2n) is 16.5. The number of benzene rings is 2. The monoisotopic (exact) mass is 889 g/mol. The molecular formula is C51H93NaO6S2. The molecule has 0 unspecified atom stereocenters. The zero-order valence-corrected chi connectivity index (χ0v) is 40.4. The molecule has 60 heavy (non-hydrogen) atoms. The Hall–Kier alpha value is -0.900. The summed E-state index contributed by atoms with van der Waals surface area (Å²) in [5, 5.41) is 0. The van der Waals surface area contributed by atoms with Crippen LogP contribution >= 0.6 is 0 Å². The molecule has 2 aromatic carbocycles. The molecule has 0 amide bonds. The van der Waals surface area contributed by atoms with Gasteiger partial charge >= 0.3 is 39.7 Å². The van der Waals surface area contributed by atoms with E-state index in [-0.39, 0.29) is 46.8 Å². The molecular weight excluding hydrogens is 796 g/mol. The second kappa shape index (κ2) is 46.1. The van der Waals surface area contributed by atoms with E-state index in [0.29, 0.717) is 12.2 Å². The number of hydrogen-bond acceptors (Lipinski definition) is 6. The molecule has 0 radical (unpaired) electrons. The summed E-state index contributed by atoms with van der Waals surface area (Å²) in [7, 11) is -7.01. The van der Waals surface area contributed by atoms with E-state index in [1.54, 1.807) is 54.6 Å². The van der Waals surface area contributed by atoms with Crippen molar-refractivity contribution in [2.75, 3.05) is 12.4 Å². The van der Waals surface area contributed by atoms with Gasteiger partial charge in [-0.15, -0.1) is 0 Å². The predicted molar refractivity (Wildman–Crippen MR) is 263 cm³/mol. The van der Waals surface area contributed by atoms with Crippen LogP contribution in [-0.4, -0.2) is 58.8 Å². The first kappa shape index (κ1) is 61.2. The van der Waals surface area contributed by atoms with Crippen LogP contribution in [0.2, 0.25) is 0 Å². The van der Waals surface area contributed by atoms with E-state index >= 15 is 0 Å². The van der Waals surface area contributed by atoms with Gasteiger partial charge in [-0.2, -0.15) is 16.8 Å². The Morgan fingerprint density at radius 2 is 0.650 bits per heavy atom. The Bertz CT molecular complexity index is 1330. The summed E-state index contributed by atoms with van der Waals surface area (Å²) < 4.78 is 57.5. The standard InChI is InChI=1S/C19H32O3S.C17H28O3S.C15H32.Na.H/c1-2-3-4-5-6-7-8-9-10-11-15-18-22-23(20,21)19-16-13-12-14-17-19;1-2-3-4-5-6-7-8-9-13-16-21(18,19)20-17-14-11-10-12-15-17;1-3-5-7-9-11-13-15-14-12-10-8-6-4-2;;/h12-14,16-17H,2-11,15,18H2,1H3;10-12,14-15H,2-9,13,16H2,1H3;3-15H2,1-2H3;;. The fourth-order valence-corrected chi connectivity index (χ4v) is 8.94. The fraction of sp³-hybridized carbons (Fsp3) is 0.765. The van der Waals surface area contributed by atoms with Crippen molar-refractivity contribution in [2.45, 2.75) is 244 Å². The summed E-state index contributed by atoms with van der Waals surface area (Å²) in [6.45, 7) is 9.33. The first-order valence-electron chi connectivity index (χ1n) is 24.6. The van der Waals surface area contributed by atoms with E-state index in [1.807, 2.05) is 6.07 Å². The number of hydrogen-bond donors (Lipinski definition) is 0. The van der Waals surface area contributed by atoms with Crippen LogP contribution in [0.1, 0.15) is 240 Å². The average molecular weight is 889 g/mol. The van der Waals surface area contributed by atoms with Crippen LogP contribution in [0.4, 0.5) is 0 Å². The van der Waals surface area contributed by atoms with Crippen LogP contribution in [0.25, 0.3) is 0 Å². The van der Waals surface area contributed by atoms with Crippen molar-refractivity contribution < 1.29 is 25.2 Å². The molecule has 6 nitrogen and oxygen atoms in total. The van der Waals surface area contributed by atoms with Crippen molar-refractivity contribution in [1.82, 2.24) is 0 Å². The SMILES string of the molecule is CCCCCCCCCCCCCCC.CCCCCCCCCCCCCOS(=O)(=O)c1ccccc1.CCCCCCCCCCCS(=O)(=O)Oc1ccccc1.[NaH]. The van der Waals surface area contributed by atoms with E-state index in [1.165, 1.54) is 180 Å². The van der Waals surface area contributed by atoms with Crippen molar-refractivity contribution in [2.24, 2.45) is 0 Å². The predicted octanol–water partition coefficient (Wildman–Crippen LogP) is 16.1. The molecule has 0 aliphatic carbocycles. The van der Waals surface area contributed by atoms with Crippen molar-refractivity contribution in [3.8, 4) is 5.75 Å². The molecule has 0 aliphatic heterocycles. The molecule has 0 atom stereocenters. The maximum absolute atomic E-state index is 11.9. The van der Waals surface area contributed by atoms with Crippen molar-refractivity contribution in [3.05, 3.63) is 60.7 Å². The van der Waals surface area contributed by atoms with Gasteiger partial charge in [0.15, 0.2) is 0 Å². The van der Waals surface area contributed by atoms with Gasteiger partial charge in [0, 0.05) is 0 Å². The summed E-state index contributed by atoms with van der Waals surface area (Å²) >= 11 is 0. The first-order valence-corrected chi connectivity index (χ1v) is 27.6. The van der Waals surface area contributed by atoms with Gasteiger partial charge in [0.05, 0.1) is 17.3 Å². The third-order valence-corrected chi connectivity index (χ3v) is 13.3. The quantitative estimate of drug-likeness (QED) is 0.0379. The molecule has 0 spiro atoms. The van der Waals surface area contributed by atoms with Gasteiger partial charge < -0.3 is 4.18 Å². The van der Waals surface area contributed by atoms with Gasteiger partial charge in [-0.05, 0) is 37.1 Å². The molecule has 0 N–H and O–H groups in total. The molecule has 0 saturated carbocycles.